The minimum atomic E-state index is -0.536. The van der Waals surface area contributed by atoms with E-state index in [-0.39, 0.29) is 24.6 Å². The maximum absolute atomic E-state index is 12.6. The Labute approximate surface area is 161 Å². The van der Waals surface area contributed by atoms with Gasteiger partial charge in [-0.2, -0.15) is 0 Å². The summed E-state index contributed by atoms with van der Waals surface area (Å²) in [6.07, 6.45) is -0.140. The summed E-state index contributed by atoms with van der Waals surface area (Å²) in [5.74, 6) is -0.336. The molecule has 0 N–H and O–H groups in total. The molecule has 1 saturated heterocycles. The lowest BCUT2D eigenvalue weighted by Crippen LogP contribution is -2.43. The zero-order valence-corrected chi connectivity index (χ0v) is 15.4. The molecule has 0 spiro atoms. The number of nitro groups is 1. The molecule has 0 saturated carbocycles. The summed E-state index contributed by atoms with van der Waals surface area (Å²) in [7, 11) is 1.41. The molecular weight excluding hydrogens is 364 g/mol. The summed E-state index contributed by atoms with van der Waals surface area (Å²) >= 11 is 0. The number of hydrogen-bond donors (Lipinski definition) is 0. The highest BCUT2D eigenvalue weighted by molar-refractivity contribution is 5.91. The number of nitro benzene ring substituents is 1. The van der Waals surface area contributed by atoms with E-state index in [1.54, 1.807) is 6.07 Å². The van der Waals surface area contributed by atoms with Crippen LogP contribution in [0, 0.1) is 10.1 Å². The predicted molar refractivity (Wildman–Crippen MR) is 100 cm³/mol. The van der Waals surface area contributed by atoms with Crippen LogP contribution in [-0.2, 0) is 16.1 Å². The number of hydrogen-bond acceptors (Lipinski definition) is 6. The number of non-ortho nitro benzene ring substituents is 1. The van der Waals surface area contributed by atoms with Crippen molar-refractivity contribution in [1.82, 2.24) is 4.90 Å². The van der Waals surface area contributed by atoms with E-state index in [1.807, 2.05) is 30.3 Å². The minimum absolute atomic E-state index is 0.0710. The quantitative estimate of drug-likeness (QED) is 0.579. The van der Waals surface area contributed by atoms with Crippen molar-refractivity contribution in [2.24, 2.45) is 0 Å². The molecular formula is C20H20N2O6. The Kier molecular flexibility index (Phi) is 5.88. The monoisotopic (exact) mass is 384 g/mol. The maximum Gasteiger partial charge on any atom is 0.410 e. The van der Waals surface area contributed by atoms with Gasteiger partial charge in [-0.05, 0) is 18.1 Å². The van der Waals surface area contributed by atoms with Gasteiger partial charge in [0.1, 0.15) is 12.4 Å². The lowest BCUT2D eigenvalue weighted by atomic mass is 9.87. The second-order valence-corrected chi connectivity index (χ2v) is 6.45. The first-order valence-corrected chi connectivity index (χ1v) is 8.80. The molecule has 1 heterocycles. The molecule has 1 unspecified atom stereocenters. The van der Waals surface area contributed by atoms with Gasteiger partial charge in [0.15, 0.2) is 5.78 Å². The Morgan fingerprint density at radius 3 is 2.64 bits per heavy atom. The highest BCUT2D eigenvalue weighted by atomic mass is 16.6. The second-order valence-electron chi connectivity index (χ2n) is 6.45. The van der Waals surface area contributed by atoms with Crippen LogP contribution < -0.4 is 4.74 Å². The third kappa shape index (κ3) is 4.28. The van der Waals surface area contributed by atoms with Crippen molar-refractivity contribution in [2.75, 3.05) is 20.2 Å². The van der Waals surface area contributed by atoms with Gasteiger partial charge < -0.3 is 14.4 Å². The molecule has 1 amide bonds. The molecule has 8 nitrogen and oxygen atoms in total. The summed E-state index contributed by atoms with van der Waals surface area (Å²) in [5, 5.41) is 10.9. The molecule has 0 bridgehead atoms. The van der Waals surface area contributed by atoms with Gasteiger partial charge in [0.2, 0.25) is 0 Å². The summed E-state index contributed by atoms with van der Waals surface area (Å²) in [6.45, 7) is 0.423. The first-order chi connectivity index (χ1) is 13.5. The van der Waals surface area contributed by atoms with Gasteiger partial charge >= 0.3 is 6.09 Å². The zero-order valence-electron chi connectivity index (χ0n) is 15.4. The molecule has 1 atom stereocenters. The number of Topliss-reactive ketones (excluding diaryl/α,β-unsaturated/α-hetero) is 1. The summed E-state index contributed by atoms with van der Waals surface area (Å²) < 4.78 is 10.5. The molecule has 2 aromatic carbocycles. The molecule has 3 rings (SSSR count). The average Bonchev–Trinajstić information content (AvgIpc) is 2.72. The molecule has 2 aromatic rings. The van der Waals surface area contributed by atoms with Crippen LogP contribution in [0.15, 0.2) is 48.5 Å². The third-order valence-corrected chi connectivity index (χ3v) is 4.69. The topological polar surface area (TPSA) is 99.0 Å². The standard InChI is InChI=1S/C20H20N2O6/c1-27-19-11-15(22(25)26)7-8-17(19)16-9-10-21(12-18(16)23)20(24)28-13-14-5-3-2-4-6-14/h2-8,11,16H,9-10,12-13H2,1H3. The van der Waals surface area contributed by atoms with Crippen LogP contribution in [0.5, 0.6) is 5.75 Å². The van der Waals surface area contributed by atoms with Gasteiger partial charge in [-0.25, -0.2) is 4.79 Å². The summed E-state index contributed by atoms with van der Waals surface area (Å²) in [5.41, 5.74) is 1.36. The van der Waals surface area contributed by atoms with Crippen LogP contribution in [0.4, 0.5) is 10.5 Å². The van der Waals surface area contributed by atoms with Crippen LogP contribution in [0.2, 0.25) is 0 Å². The Morgan fingerprint density at radius 1 is 1.25 bits per heavy atom. The molecule has 0 radical (unpaired) electrons. The zero-order chi connectivity index (χ0) is 20.1. The van der Waals surface area contributed by atoms with E-state index in [9.17, 15) is 19.7 Å². The number of ether oxygens (including phenoxy) is 2. The van der Waals surface area contributed by atoms with Crippen LogP contribution in [0.1, 0.15) is 23.5 Å². The molecule has 0 aromatic heterocycles. The van der Waals surface area contributed by atoms with Crippen molar-refractivity contribution in [3.8, 4) is 5.75 Å². The van der Waals surface area contributed by atoms with E-state index in [4.69, 9.17) is 9.47 Å². The van der Waals surface area contributed by atoms with Gasteiger partial charge in [0.25, 0.3) is 5.69 Å². The van der Waals surface area contributed by atoms with Gasteiger partial charge in [0.05, 0.1) is 24.6 Å². The van der Waals surface area contributed by atoms with Crippen LogP contribution in [-0.4, -0.2) is 41.9 Å². The number of nitrogens with zero attached hydrogens (tertiary/aromatic N) is 2. The normalized spacial score (nSPS) is 16.5. The minimum Gasteiger partial charge on any atom is -0.496 e. The number of carbonyl (C=O) groups is 2. The lowest BCUT2D eigenvalue weighted by molar-refractivity contribution is -0.384. The smallest absolute Gasteiger partial charge is 0.410 e. The summed E-state index contributed by atoms with van der Waals surface area (Å²) in [4.78, 5) is 36.7. The third-order valence-electron chi connectivity index (χ3n) is 4.69. The largest absolute Gasteiger partial charge is 0.496 e. The molecule has 8 heteroatoms. The van der Waals surface area contributed by atoms with Crippen molar-refractivity contribution in [1.29, 1.82) is 0 Å². The van der Waals surface area contributed by atoms with E-state index in [0.29, 0.717) is 24.3 Å². The Hall–Kier alpha value is -3.42. The van der Waals surface area contributed by atoms with Crippen LogP contribution in [0.3, 0.4) is 0 Å². The molecule has 146 valence electrons. The first kappa shape index (κ1) is 19.3. The average molecular weight is 384 g/mol. The molecule has 1 fully saturated rings. The van der Waals surface area contributed by atoms with E-state index in [0.717, 1.165) is 5.56 Å². The molecule has 28 heavy (non-hydrogen) atoms. The number of amides is 1. The van der Waals surface area contributed by atoms with E-state index < -0.39 is 16.9 Å². The predicted octanol–water partition coefficient (Wildman–Crippen LogP) is 3.30. The number of methoxy groups -OCH3 is 1. The molecule has 1 aliphatic heterocycles. The lowest BCUT2D eigenvalue weighted by Gasteiger charge is -2.30. The Balaban J connectivity index is 1.64. The first-order valence-electron chi connectivity index (χ1n) is 8.80. The number of piperidine rings is 1. The fourth-order valence-electron chi connectivity index (χ4n) is 3.22. The van der Waals surface area contributed by atoms with Crippen molar-refractivity contribution in [3.05, 3.63) is 69.8 Å². The van der Waals surface area contributed by atoms with Crippen molar-refractivity contribution >= 4 is 17.6 Å². The van der Waals surface area contributed by atoms with Gasteiger partial charge in [0, 0.05) is 24.1 Å². The number of ketones is 1. The fraction of sp³-hybridized carbons (Fsp3) is 0.300. The SMILES string of the molecule is COc1cc([N+](=O)[O-])ccc1C1CCN(C(=O)OCc2ccccc2)CC1=O. The van der Waals surface area contributed by atoms with E-state index in [2.05, 4.69) is 0 Å². The molecule has 0 aliphatic carbocycles. The Morgan fingerprint density at radius 2 is 2.00 bits per heavy atom. The number of carbonyl (C=O) groups excluding carboxylic acids is 2. The maximum atomic E-state index is 12.6. The summed E-state index contributed by atoms with van der Waals surface area (Å²) in [6, 6.07) is 13.5. The highest BCUT2D eigenvalue weighted by Crippen LogP contribution is 2.35. The van der Waals surface area contributed by atoms with Gasteiger partial charge in [-0.15, -0.1) is 0 Å². The van der Waals surface area contributed by atoms with E-state index in [1.165, 1.54) is 24.1 Å². The van der Waals surface area contributed by atoms with Crippen molar-refractivity contribution < 1.29 is 24.0 Å². The number of benzene rings is 2. The highest BCUT2D eigenvalue weighted by Gasteiger charge is 2.33. The van der Waals surface area contributed by atoms with Gasteiger partial charge in [-0.3, -0.25) is 14.9 Å². The van der Waals surface area contributed by atoms with E-state index >= 15 is 0 Å². The number of likely N-dealkylation sites (tertiary alicyclic amines) is 1. The number of rotatable bonds is 5. The second kappa shape index (κ2) is 8.51. The van der Waals surface area contributed by atoms with Crippen LogP contribution in [0.25, 0.3) is 0 Å². The molecule has 1 aliphatic rings. The van der Waals surface area contributed by atoms with Crippen LogP contribution >= 0.6 is 0 Å². The Bertz CT molecular complexity index is 884. The van der Waals surface area contributed by atoms with Crippen molar-refractivity contribution in [2.45, 2.75) is 18.9 Å². The fourth-order valence-corrected chi connectivity index (χ4v) is 3.22. The van der Waals surface area contributed by atoms with Gasteiger partial charge in [-0.1, -0.05) is 30.3 Å². The van der Waals surface area contributed by atoms with Crippen molar-refractivity contribution in [3.63, 3.8) is 0 Å².